The molecule has 0 fully saturated rings. The molecule has 4 heteroatoms. The minimum absolute atomic E-state index is 0.106. The van der Waals surface area contributed by atoms with Crippen LogP contribution < -0.4 is 5.32 Å². The molecule has 3 nitrogen and oxygen atoms in total. The molecule has 0 aromatic heterocycles. The van der Waals surface area contributed by atoms with Gasteiger partial charge in [0.25, 0.3) is 0 Å². The second-order valence-electron chi connectivity index (χ2n) is 6.26. The Kier molecular flexibility index (Phi) is 5.80. The summed E-state index contributed by atoms with van der Waals surface area (Å²) in [5.41, 5.74) is -0.254. The average Bonchev–Trinajstić information content (AvgIpc) is 1.96. The van der Waals surface area contributed by atoms with Gasteiger partial charge in [-0.1, -0.05) is 36.7 Å². The first-order chi connectivity index (χ1) is 7.03. The number of hydrogen-bond donors (Lipinski definition) is 1. The Hall–Kier alpha value is -0.250. The smallest absolute Gasteiger partial charge is 0.407 e. The van der Waals surface area contributed by atoms with Crippen molar-refractivity contribution >= 4 is 22.0 Å². The summed E-state index contributed by atoms with van der Waals surface area (Å²) in [6.45, 7) is 12.0. The van der Waals surface area contributed by atoms with Gasteiger partial charge in [0.1, 0.15) is 5.60 Å². The maximum Gasteiger partial charge on any atom is 0.407 e. The Morgan fingerprint density at radius 2 is 1.75 bits per heavy atom. The lowest BCUT2D eigenvalue weighted by molar-refractivity contribution is 0.0500. The minimum Gasteiger partial charge on any atom is -0.444 e. The van der Waals surface area contributed by atoms with Crippen molar-refractivity contribution in [3.05, 3.63) is 0 Å². The highest BCUT2D eigenvalue weighted by Gasteiger charge is 2.22. The van der Waals surface area contributed by atoms with E-state index in [2.05, 4.69) is 42.0 Å². The molecular formula is C12H24BrNO2. The van der Waals surface area contributed by atoms with Gasteiger partial charge in [-0.2, -0.15) is 0 Å². The monoisotopic (exact) mass is 293 g/mol. The minimum atomic E-state index is -0.442. The summed E-state index contributed by atoms with van der Waals surface area (Å²) in [5, 5.41) is 3.61. The number of hydrogen-bond acceptors (Lipinski definition) is 2. The lowest BCUT2D eigenvalue weighted by Gasteiger charge is -2.27. The van der Waals surface area contributed by atoms with Crippen LogP contribution in [0.4, 0.5) is 4.79 Å². The van der Waals surface area contributed by atoms with Crippen molar-refractivity contribution in [1.29, 1.82) is 0 Å². The predicted octanol–water partition coefficient (Wildman–Crippen LogP) is 3.71. The molecular weight excluding hydrogens is 270 g/mol. The van der Waals surface area contributed by atoms with Crippen LogP contribution in [0.3, 0.4) is 0 Å². The van der Waals surface area contributed by atoms with E-state index in [0.29, 0.717) is 0 Å². The van der Waals surface area contributed by atoms with Crippen LogP contribution in [0, 0.1) is 5.41 Å². The molecule has 0 radical (unpaired) electrons. The molecule has 0 aliphatic rings. The van der Waals surface area contributed by atoms with Crippen molar-refractivity contribution in [2.24, 2.45) is 5.41 Å². The molecule has 96 valence electrons. The van der Waals surface area contributed by atoms with Gasteiger partial charge in [-0.05, 0) is 32.6 Å². The zero-order chi connectivity index (χ0) is 13.0. The van der Waals surface area contributed by atoms with Gasteiger partial charge in [0, 0.05) is 11.4 Å². The Morgan fingerprint density at radius 3 is 2.06 bits per heavy atom. The molecule has 0 heterocycles. The van der Waals surface area contributed by atoms with Crippen molar-refractivity contribution in [1.82, 2.24) is 5.32 Å². The Morgan fingerprint density at radius 1 is 1.25 bits per heavy atom. The van der Waals surface area contributed by atoms with E-state index in [9.17, 15) is 4.79 Å². The standard InChI is InChI=1S/C12H24BrNO2/c1-11(2,3)7-9(8-13)14-10(15)16-12(4,5)6/h9H,7-8H2,1-6H3,(H,14,15). The summed E-state index contributed by atoms with van der Waals surface area (Å²) < 4.78 is 5.21. The molecule has 0 aliphatic carbocycles. The first-order valence-electron chi connectivity index (χ1n) is 5.59. The first kappa shape index (κ1) is 15.8. The van der Waals surface area contributed by atoms with Gasteiger partial charge in [0.2, 0.25) is 0 Å². The molecule has 1 atom stereocenters. The number of alkyl carbamates (subject to hydrolysis) is 1. The van der Waals surface area contributed by atoms with Gasteiger partial charge in [0.15, 0.2) is 0 Å². The number of alkyl halides is 1. The van der Waals surface area contributed by atoms with Crippen LogP contribution >= 0.6 is 15.9 Å². The second kappa shape index (κ2) is 5.89. The molecule has 1 unspecified atom stereocenters. The topological polar surface area (TPSA) is 38.3 Å². The fourth-order valence-corrected chi connectivity index (χ4v) is 1.75. The summed E-state index contributed by atoms with van der Waals surface area (Å²) in [7, 11) is 0. The molecule has 0 saturated heterocycles. The number of amides is 1. The maximum absolute atomic E-state index is 11.6. The zero-order valence-electron chi connectivity index (χ0n) is 11.2. The zero-order valence-corrected chi connectivity index (χ0v) is 12.8. The highest BCUT2D eigenvalue weighted by Crippen LogP contribution is 2.21. The third kappa shape index (κ3) is 9.01. The molecule has 0 aromatic rings. The predicted molar refractivity (Wildman–Crippen MR) is 71.0 cm³/mol. The SMILES string of the molecule is CC(C)(C)CC(CBr)NC(=O)OC(C)(C)C. The number of rotatable bonds is 3. The summed E-state index contributed by atoms with van der Waals surface area (Å²) in [4.78, 5) is 11.6. The van der Waals surface area contributed by atoms with Crippen LogP contribution in [0.1, 0.15) is 48.0 Å². The third-order valence-corrected chi connectivity index (χ3v) is 2.55. The van der Waals surface area contributed by atoms with E-state index in [1.54, 1.807) is 0 Å². The quantitative estimate of drug-likeness (QED) is 0.806. The van der Waals surface area contributed by atoms with E-state index in [1.807, 2.05) is 20.8 Å². The van der Waals surface area contributed by atoms with Crippen molar-refractivity contribution in [3.63, 3.8) is 0 Å². The van der Waals surface area contributed by atoms with E-state index in [-0.39, 0.29) is 17.6 Å². The lowest BCUT2D eigenvalue weighted by Crippen LogP contribution is -2.41. The lowest BCUT2D eigenvalue weighted by atomic mass is 9.89. The molecule has 0 rings (SSSR count). The molecule has 0 aliphatic heterocycles. The second-order valence-corrected chi connectivity index (χ2v) is 6.91. The van der Waals surface area contributed by atoms with Crippen molar-refractivity contribution in [2.45, 2.75) is 59.6 Å². The van der Waals surface area contributed by atoms with Crippen LogP contribution in [0.15, 0.2) is 0 Å². The maximum atomic E-state index is 11.6. The number of nitrogens with one attached hydrogen (secondary N) is 1. The summed E-state index contributed by atoms with van der Waals surface area (Å²) in [6.07, 6.45) is 0.568. The molecule has 1 N–H and O–H groups in total. The summed E-state index contributed by atoms with van der Waals surface area (Å²) in [6, 6.07) is 0.106. The number of halogens is 1. The highest BCUT2D eigenvalue weighted by molar-refractivity contribution is 9.09. The van der Waals surface area contributed by atoms with Crippen molar-refractivity contribution in [2.75, 3.05) is 5.33 Å². The van der Waals surface area contributed by atoms with Crippen LogP contribution in [-0.4, -0.2) is 23.1 Å². The Bertz CT molecular complexity index is 228. The van der Waals surface area contributed by atoms with Crippen LogP contribution in [0.2, 0.25) is 0 Å². The molecule has 0 saturated carbocycles. The van der Waals surface area contributed by atoms with Gasteiger partial charge in [0.05, 0.1) is 0 Å². The van der Waals surface area contributed by atoms with Crippen LogP contribution in [0.25, 0.3) is 0 Å². The molecule has 1 amide bonds. The Balaban J connectivity index is 4.18. The summed E-state index contributed by atoms with van der Waals surface area (Å²) >= 11 is 3.41. The largest absolute Gasteiger partial charge is 0.444 e. The van der Waals surface area contributed by atoms with Gasteiger partial charge in [-0.25, -0.2) is 4.79 Å². The van der Waals surface area contributed by atoms with E-state index in [4.69, 9.17) is 4.74 Å². The first-order valence-corrected chi connectivity index (χ1v) is 6.71. The van der Waals surface area contributed by atoms with Crippen molar-refractivity contribution < 1.29 is 9.53 Å². The van der Waals surface area contributed by atoms with E-state index in [1.165, 1.54) is 0 Å². The molecule has 0 spiro atoms. The van der Waals surface area contributed by atoms with Crippen LogP contribution in [-0.2, 0) is 4.74 Å². The summed E-state index contributed by atoms with van der Waals surface area (Å²) in [5.74, 6) is 0. The van der Waals surface area contributed by atoms with Gasteiger partial charge >= 0.3 is 6.09 Å². The molecule has 0 bridgehead atoms. The normalized spacial score (nSPS) is 14.4. The third-order valence-electron chi connectivity index (χ3n) is 1.77. The highest BCUT2D eigenvalue weighted by atomic mass is 79.9. The van der Waals surface area contributed by atoms with Gasteiger partial charge in [-0.3, -0.25) is 0 Å². The number of ether oxygens (including phenoxy) is 1. The van der Waals surface area contributed by atoms with E-state index in [0.717, 1.165) is 11.8 Å². The average molecular weight is 294 g/mol. The van der Waals surface area contributed by atoms with E-state index < -0.39 is 5.60 Å². The fraction of sp³-hybridized carbons (Fsp3) is 0.917. The van der Waals surface area contributed by atoms with Gasteiger partial charge in [-0.15, -0.1) is 0 Å². The number of carbonyl (C=O) groups excluding carboxylic acids is 1. The van der Waals surface area contributed by atoms with Crippen LogP contribution in [0.5, 0.6) is 0 Å². The molecule has 16 heavy (non-hydrogen) atoms. The number of carbonyl (C=O) groups is 1. The molecule has 0 aromatic carbocycles. The van der Waals surface area contributed by atoms with Gasteiger partial charge < -0.3 is 10.1 Å². The van der Waals surface area contributed by atoms with Crippen molar-refractivity contribution in [3.8, 4) is 0 Å². The fourth-order valence-electron chi connectivity index (χ4n) is 1.36. The van der Waals surface area contributed by atoms with E-state index >= 15 is 0 Å². The Labute approximate surface area is 107 Å².